The van der Waals surface area contributed by atoms with Crippen molar-refractivity contribution in [3.63, 3.8) is 0 Å². The SMILES string of the molecule is C=CCNS(=O)(=O)c1ccc(C(=O)Nc2ccc(Cl)cc2Cl)cc1. The van der Waals surface area contributed by atoms with Gasteiger partial charge >= 0.3 is 0 Å². The number of carbonyl (C=O) groups excluding carboxylic acids is 1. The zero-order chi connectivity index (χ0) is 17.7. The van der Waals surface area contributed by atoms with Crippen molar-refractivity contribution in [1.82, 2.24) is 4.72 Å². The molecule has 0 aliphatic rings. The van der Waals surface area contributed by atoms with Crippen LogP contribution in [0, 0.1) is 0 Å². The van der Waals surface area contributed by atoms with Gasteiger partial charge in [0.25, 0.3) is 5.91 Å². The van der Waals surface area contributed by atoms with Gasteiger partial charge in [0.05, 0.1) is 15.6 Å². The van der Waals surface area contributed by atoms with Gasteiger partial charge in [-0.2, -0.15) is 0 Å². The molecule has 24 heavy (non-hydrogen) atoms. The number of carbonyl (C=O) groups is 1. The van der Waals surface area contributed by atoms with Crippen molar-refractivity contribution in [3.8, 4) is 0 Å². The van der Waals surface area contributed by atoms with Crippen LogP contribution in [0.2, 0.25) is 10.0 Å². The summed E-state index contributed by atoms with van der Waals surface area (Å²) >= 11 is 11.8. The second-order valence-corrected chi connectivity index (χ2v) is 7.35. The van der Waals surface area contributed by atoms with Gasteiger partial charge in [-0.1, -0.05) is 29.3 Å². The maximum Gasteiger partial charge on any atom is 0.255 e. The Labute approximate surface area is 150 Å². The highest BCUT2D eigenvalue weighted by atomic mass is 35.5. The van der Waals surface area contributed by atoms with Crippen molar-refractivity contribution < 1.29 is 13.2 Å². The Morgan fingerprint density at radius 3 is 2.38 bits per heavy atom. The van der Waals surface area contributed by atoms with E-state index in [1.165, 1.54) is 36.4 Å². The first-order valence-electron chi connectivity index (χ1n) is 6.80. The maximum atomic E-state index is 12.2. The Morgan fingerprint density at radius 1 is 1.12 bits per heavy atom. The number of benzene rings is 2. The normalized spacial score (nSPS) is 11.1. The molecule has 0 fully saturated rings. The Hall–Kier alpha value is -1.86. The zero-order valence-corrected chi connectivity index (χ0v) is 14.8. The third kappa shape index (κ3) is 4.58. The smallest absolute Gasteiger partial charge is 0.255 e. The summed E-state index contributed by atoms with van der Waals surface area (Å²) in [5, 5.41) is 3.41. The fraction of sp³-hybridized carbons (Fsp3) is 0.0625. The van der Waals surface area contributed by atoms with Gasteiger partial charge in [-0.15, -0.1) is 6.58 Å². The Balaban J connectivity index is 2.15. The molecule has 0 saturated heterocycles. The Kier molecular flexibility index (Phi) is 6.01. The third-order valence-electron chi connectivity index (χ3n) is 3.02. The summed E-state index contributed by atoms with van der Waals surface area (Å²) in [7, 11) is -3.62. The van der Waals surface area contributed by atoms with Crippen LogP contribution in [0.5, 0.6) is 0 Å². The molecule has 0 atom stereocenters. The molecule has 126 valence electrons. The number of amides is 1. The summed E-state index contributed by atoms with van der Waals surface area (Å²) in [4.78, 5) is 12.3. The van der Waals surface area contributed by atoms with Crippen molar-refractivity contribution in [2.24, 2.45) is 0 Å². The van der Waals surface area contributed by atoms with E-state index in [0.29, 0.717) is 21.3 Å². The van der Waals surface area contributed by atoms with E-state index in [9.17, 15) is 13.2 Å². The summed E-state index contributed by atoms with van der Waals surface area (Å²) in [5.74, 6) is -0.415. The van der Waals surface area contributed by atoms with Crippen LogP contribution >= 0.6 is 23.2 Å². The third-order valence-corrected chi connectivity index (χ3v) is 5.01. The lowest BCUT2D eigenvalue weighted by atomic mass is 10.2. The maximum absolute atomic E-state index is 12.2. The summed E-state index contributed by atoms with van der Waals surface area (Å²) in [6, 6.07) is 10.2. The van der Waals surface area contributed by atoms with Crippen LogP contribution in [-0.4, -0.2) is 20.9 Å². The van der Waals surface area contributed by atoms with E-state index in [4.69, 9.17) is 23.2 Å². The highest BCUT2D eigenvalue weighted by Crippen LogP contribution is 2.25. The first kappa shape index (κ1) is 18.5. The summed E-state index contributed by atoms with van der Waals surface area (Å²) in [6.07, 6.45) is 1.44. The molecule has 0 aliphatic heterocycles. The van der Waals surface area contributed by atoms with Gasteiger partial charge in [0.15, 0.2) is 0 Å². The molecule has 2 rings (SSSR count). The molecule has 5 nitrogen and oxygen atoms in total. The summed E-state index contributed by atoms with van der Waals surface area (Å²) in [5.41, 5.74) is 0.708. The molecule has 2 aromatic carbocycles. The molecule has 2 N–H and O–H groups in total. The van der Waals surface area contributed by atoms with Crippen molar-refractivity contribution >= 4 is 44.8 Å². The van der Waals surface area contributed by atoms with Crippen LogP contribution < -0.4 is 10.0 Å². The second-order valence-electron chi connectivity index (χ2n) is 4.74. The Bertz CT molecular complexity index is 865. The van der Waals surface area contributed by atoms with Crippen LogP contribution in [0.3, 0.4) is 0 Å². The minimum atomic E-state index is -3.62. The lowest BCUT2D eigenvalue weighted by Crippen LogP contribution is -2.23. The number of nitrogens with one attached hydrogen (secondary N) is 2. The summed E-state index contributed by atoms with van der Waals surface area (Å²) < 4.78 is 26.3. The number of hydrogen-bond donors (Lipinski definition) is 2. The van der Waals surface area contributed by atoms with Crippen molar-refractivity contribution in [2.45, 2.75) is 4.90 Å². The molecule has 1 amide bonds. The number of rotatable bonds is 6. The van der Waals surface area contributed by atoms with Crippen LogP contribution in [0.4, 0.5) is 5.69 Å². The standard InChI is InChI=1S/C16H14Cl2N2O3S/c1-2-9-19-24(22,23)13-6-3-11(4-7-13)16(21)20-15-8-5-12(17)10-14(15)18/h2-8,10,19H,1,9H2,(H,20,21). The average Bonchev–Trinajstić information content (AvgIpc) is 2.55. The molecule has 0 aromatic heterocycles. The van der Waals surface area contributed by atoms with Gasteiger partial charge in [0.1, 0.15) is 0 Å². The fourth-order valence-electron chi connectivity index (χ4n) is 1.82. The second kappa shape index (κ2) is 7.81. The molecular formula is C16H14Cl2N2O3S. The minimum Gasteiger partial charge on any atom is -0.321 e. The van der Waals surface area contributed by atoms with Crippen LogP contribution in [0.15, 0.2) is 60.0 Å². The molecule has 0 bridgehead atoms. The molecule has 8 heteroatoms. The molecule has 0 aliphatic carbocycles. The molecule has 2 aromatic rings. The number of sulfonamides is 1. The average molecular weight is 385 g/mol. The molecular weight excluding hydrogens is 371 g/mol. The number of halogens is 2. The highest BCUT2D eigenvalue weighted by Gasteiger charge is 2.14. The van der Waals surface area contributed by atoms with E-state index in [-0.39, 0.29) is 11.4 Å². The quantitative estimate of drug-likeness (QED) is 0.745. The van der Waals surface area contributed by atoms with Crippen molar-refractivity contribution in [3.05, 3.63) is 70.7 Å². The molecule has 0 heterocycles. The minimum absolute atomic E-state index is 0.0606. The van der Waals surface area contributed by atoms with Gasteiger partial charge < -0.3 is 5.32 Å². The Morgan fingerprint density at radius 2 is 1.79 bits per heavy atom. The first-order valence-corrected chi connectivity index (χ1v) is 9.04. The first-order chi connectivity index (χ1) is 11.3. The van der Waals surface area contributed by atoms with Gasteiger partial charge in [-0.25, -0.2) is 13.1 Å². The van der Waals surface area contributed by atoms with E-state index in [2.05, 4.69) is 16.6 Å². The topological polar surface area (TPSA) is 75.3 Å². The number of anilines is 1. The highest BCUT2D eigenvalue weighted by molar-refractivity contribution is 7.89. The van der Waals surface area contributed by atoms with E-state index in [1.807, 2.05) is 0 Å². The van der Waals surface area contributed by atoms with Crippen LogP contribution in [0.1, 0.15) is 10.4 Å². The van der Waals surface area contributed by atoms with Crippen LogP contribution in [-0.2, 0) is 10.0 Å². The monoisotopic (exact) mass is 384 g/mol. The lowest BCUT2D eigenvalue weighted by molar-refractivity contribution is 0.102. The van der Waals surface area contributed by atoms with Gasteiger partial charge in [-0.3, -0.25) is 4.79 Å². The van der Waals surface area contributed by atoms with Gasteiger partial charge in [-0.05, 0) is 42.5 Å². The van der Waals surface area contributed by atoms with E-state index in [0.717, 1.165) is 0 Å². The lowest BCUT2D eigenvalue weighted by Gasteiger charge is -2.09. The van der Waals surface area contributed by atoms with Gasteiger partial charge in [0.2, 0.25) is 10.0 Å². The molecule has 0 saturated carbocycles. The van der Waals surface area contributed by atoms with E-state index >= 15 is 0 Å². The predicted octanol–water partition coefficient (Wildman–Crippen LogP) is 3.71. The zero-order valence-electron chi connectivity index (χ0n) is 12.4. The predicted molar refractivity (Wildman–Crippen MR) is 96.2 cm³/mol. The fourth-order valence-corrected chi connectivity index (χ4v) is 3.28. The molecule has 0 unspecified atom stereocenters. The largest absolute Gasteiger partial charge is 0.321 e. The van der Waals surface area contributed by atoms with Crippen molar-refractivity contribution in [2.75, 3.05) is 11.9 Å². The van der Waals surface area contributed by atoms with Crippen molar-refractivity contribution in [1.29, 1.82) is 0 Å². The molecule has 0 spiro atoms. The molecule has 0 radical (unpaired) electrons. The van der Waals surface area contributed by atoms with Gasteiger partial charge in [0, 0.05) is 17.1 Å². The number of hydrogen-bond acceptors (Lipinski definition) is 3. The van der Waals surface area contributed by atoms with E-state index in [1.54, 1.807) is 12.1 Å². The van der Waals surface area contributed by atoms with Crippen LogP contribution in [0.25, 0.3) is 0 Å². The summed E-state index contributed by atoms with van der Waals surface area (Å²) in [6.45, 7) is 3.57. The van der Waals surface area contributed by atoms with E-state index < -0.39 is 15.9 Å².